The van der Waals surface area contributed by atoms with Gasteiger partial charge in [-0.15, -0.1) is 11.3 Å². The van der Waals surface area contributed by atoms with Crippen molar-refractivity contribution >= 4 is 23.3 Å². The monoisotopic (exact) mass is 334 g/mol. The lowest BCUT2D eigenvalue weighted by atomic mass is 10.0. The Kier molecular flexibility index (Phi) is 3.91. The first kappa shape index (κ1) is 15.6. The number of thiophene rings is 1. The van der Waals surface area contributed by atoms with Crippen LogP contribution in [0.25, 0.3) is 0 Å². The van der Waals surface area contributed by atoms with E-state index in [1.54, 1.807) is 19.1 Å². The van der Waals surface area contributed by atoms with Gasteiger partial charge in [0, 0.05) is 4.88 Å². The van der Waals surface area contributed by atoms with Crippen molar-refractivity contribution in [1.29, 1.82) is 0 Å². The number of amides is 3. The molecule has 0 bridgehead atoms. The van der Waals surface area contributed by atoms with E-state index in [2.05, 4.69) is 5.32 Å². The van der Waals surface area contributed by atoms with E-state index in [0.29, 0.717) is 5.56 Å². The number of nitrogens with one attached hydrogen (secondary N) is 1. The second-order valence-corrected chi connectivity index (χ2v) is 6.46. The van der Waals surface area contributed by atoms with Gasteiger partial charge in [-0.3, -0.25) is 9.69 Å². The molecule has 0 saturated carbocycles. The minimum Gasteiger partial charge on any atom is -0.387 e. The van der Waals surface area contributed by atoms with E-state index < -0.39 is 29.4 Å². The van der Waals surface area contributed by atoms with Crippen LogP contribution in [0.15, 0.2) is 41.8 Å². The Morgan fingerprint density at radius 2 is 2.00 bits per heavy atom. The Morgan fingerprint density at radius 3 is 2.61 bits per heavy atom. The Labute approximate surface area is 136 Å². The van der Waals surface area contributed by atoms with Gasteiger partial charge in [-0.05, 0) is 36.1 Å². The zero-order chi connectivity index (χ0) is 16.6. The summed E-state index contributed by atoms with van der Waals surface area (Å²) in [5, 5.41) is 14.7. The van der Waals surface area contributed by atoms with Gasteiger partial charge < -0.3 is 10.4 Å². The molecule has 1 aromatic carbocycles. The highest BCUT2D eigenvalue weighted by molar-refractivity contribution is 7.10. The molecule has 7 heteroatoms. The number of rotatable bonds is 4. The second-order valence-electron chi connectivity index (χ2n) is 5.52. The van der Waals surface area contributed by atoms with E-state index in [1.807, 2.05) is 5.38 Å². The van der Waals surface area contributed by atoms with Crippen molar-refractivity contribution in [1.82, 2.24) is 10.2 Å². The van der Waals surface area contributed by atoms with Crippen LogP contribution in [0.3, 0.4) is 0 Å². The Hall–Kier alpha value is -2.25. The Morgan fingerprint density at radius 1 is 1.30 bits per heavy atom. The average Bonchev–Trinajstić information content (AvgIpc) is 3.12. The number of β-amino-alcohol motifs (C(OH)–C–C–N with tert-alkyl or cyclic N) is 1. The maximum absolute atomic E-state index is 12.9. The fraction of sp³-hybridized carbons (Fsp3) is 0.250. The molecule has 3 rings (SSSR count). The molecule has 5 nitrogen and oxygen atoms in total. The van der Waals surface area contributed by atoms with Crippen molar-refractivity contribution in [2.75, 3.05) is 6.54 Å². The van der Waals surface area contributed by atoms with Gasteiger partial charge in [-0.1, -0.05) is 18.2 Å². The number of aliphatic hydroxyl groups is 1. The fourth-order valence-corrected chi connectivity index (χ4v) is 3.39. The minimum atomic E-state index is -1.12. The summed E-state index contributed by atoms with van der Waals surface area (Å²) in [7, 11) is 0. The van der Waals surface area contributed by atoms with Crippen LogP contribution in [0.4, 0.5) is 9.18 Å². The summed E-state index contributed by atoms with van der Waals surface area (Å²) in [5.41, 5.74) is -0.676. The second kappa shape index (κ2) is 5.75. The molecule has 2 aromatic rings. The number of urea groups is 1. The molecule has 2 heterocycles. The third-order valence-corrected chi connectivity index (χ3v) is 4.99. The molecule has 1 aromatic heterocycles. The van der Waals surface area contributed by atoms with Gasteiger partial charge in [0.25, 0.3) is 5.91 Å². The molecule has 1 saturated heterocycles. The predicted octanol–water partition coefficient (Wildman–Crippen LogP) is 2.39. The first-order valence-corrected chi connectivity index (χ1v) is 7.91. The van der Waals surface area contributed by atoms with E-state index >= 15 is 0 Å². The standard InChI is InChI=1S/C16H15FN2O3S/c1-16(13-3-2-8-23-13)14(21)19(15(22)18-16)9-12(20)10-4-6-11(17)7-5-10/h2-8,12,20H,9H2,1H3,(H,18,22). The summed E-state index contributed by atoms with van der Waals surface area (Å²) in [4.78, 5) is 26.5. The van der Waals surface area contributed by atoms with Crippen LogP contribution < -0.4 is 5.32 Å². The highest BCUT2D eigenvalue weighted by Gasteiger charge is 2.50. The molecular weight excluding hydrogens is 319 g/mol. The van der Waals surface area contributed by atoms with Crippen molar-refractivity contribution in [2.45, 2.75) is 18.6 Å². The summed E-state index contributed by atoms with van der Waals surface area (Å²) < 4.78 is 12.9. The lowest BCUT2D eigenvalue weighted by Crippen LogP contribution is -2.40. The fourth-order valence-electron chi connectivity index (χ4n) is 2.56. The van der Waals surface area contributed by atoms with Crippen LogP contribution in [0.1, 0.15) is 23.5 Å². The van der Waals surface area contributed by atoms with Gasteiger partial charge in [0.1, 0.15) is 5.82 Å². The molecule has 23 heavy (non-hydrogen) atoms. The summed E-state index contributed by atoms with van der Waals surface area (Å²) in [6.45, 7) is 1.46. The molecule has 2 N–H and O–H groups in total. The molecule has 1 aliphatic heterocycles. The average molecular weight is 334 g/mol. The third kappa shape index (κ3) is 2.73. The first-order valence-electron chi connectivity index (χ1n) is 7.03. The maximum Gasteiger partial charge on any atom is 0.325 e. The number of halogens is 1. The van der Waals surface area contributed by atoms with Crippen molar-refractivity contribution in [3.05, 3.63) is 58.0 Å². The van der Waals surface area contributed by atoms with Gasteiger partial charge in [0.15, 0.2) is 5.54 Å². The van der Waals surface area contributed by atoms with Crippen LogP contribution in [0, 0.1) is 5.82 Å². The van der Waals surface area contributed by atoms with Gasteiger partial charge in [-0.25, -0.2) is 9.18 Å². The molecule has 120 valence electrons. The number of imide groups is 1. The molecule has 1 fully saturated rings. The van der Waals surface area contributed by atoms with Crippen LogP contribution in [0.5, 0.6) is 0 Å². The van der Waals surface area contributed by atoms with E-state index in [-0.39, 0.29) is 6.54 Å². The van der Waals surface area contributed by atoms with Crippen molar-refractivity contribution in [3.63, 3.8) is 0 Å². The van der Waals surface area contributed by atoms with Crippen LogP contribution in [-0.2, 0) is 10.3 Å². The van der Waals surface area contributed by atoms with Gasteiger partial charge >= 0.3 is 6.03 Å². The summed E-state index contributed by atoms with van der Waals surface area (Å²) in [6.07, 6.45) is -1.07. The summed E-state index contributed by atoms with van der Waals surface area (Å²) in [6, 6.07) is 8.34. The van der Waals surface area contributed by atoms with E-state index in [4.69, 9.17) is 0 Å². The molecule has 0 radical (unpaired) electrons. The zero-order valence-electron chi connectivity index (χ0n) is 12.3. The zero-order valence-corrected chi connectivity index (χ0v) is 13.1. The van der Waals surface area contributed by atoms with Crippen molar-refractivity contribution < 1.29 is 19.1 Å². The maximum atomic E-state index is 12.9. The first-order chi connectivity index (χ1) is 10.9. The highest BCUT2D eigenvalue weighted by Crippen LogP contribution is 2.32. The largest absolute Gasteiger partial charge is 0.387 e. The number of hydrogen-bond donors (Lipinski definition) is 2. The lowest BCUT2D eigenvalue weighted by molar-refractivity contribution is -0.132. The van der Waals surface area contributed by atoms with E-state index in [0.717, 1.165) is 9.78 Å². The molecule has 2 atom stereocenters. The van der Waals surface area contributed by atoms with Crippen LogP contribution in [0.2, 0.25) is 0 Å². The van der Waals surface area contributed by atoms with E-state index in [1.165, 1.54) is 35.6 Å². The predicted molar refractivity (Wildman–Crippen MR) is 83.3 cm³/mol. The lowest BCUT2D eigenvalue weighted by Gasteiger charge is -2.21. The normalized spacial score (nSPS) is 22.3. The number of benzene rings is 1. The van der Waals surface area contributed by atoms with E-state index in [9.17, 15) is 19.1 Å². The molecule has 0 spiro atoms. The third-order valence-electron chi connectivity index (χ3n) is 3.90. The molecular formula is C16H15FN2O3S. The Balaban J connectivity index is 1.79. The SMILES string of the molecule is CC1(c2cccs2)NC(=O)N(CC(O)c2ccc(F)cc2)C1=O. The highest BCUT2D eigenvalue weighted by atomic mass is 32.1. The topological polar surface area (TPSA) is 69.6 Å². The number of carbonyl (C=O) groups is 2. The van der Waals surface area contributed by atoms with Crippen molar-refractivity contribution in [2.24, 2.45) is 0 Å². The number of aliphatic hydroxyl groups excluding tert-OH is 1. The van der Waals surface area contributed by atoms with Crippen LogP contribution in [-0.4, -0.2) is 28.5 Å². The number of hydrogen-bond acceptors (Lipinski definition) is 4. The van der Waals surface area contributed by atoms with Gasteiger partial charge in [-0.2, -0.15) is 0 Å². The molecule has 3 amide bonds. The molecule has 2 unspecified atom stereocenters. The number of carbonyl (C=O) groups excluding carboxylic acids is 2. The van der Waals surface area contributed by atoms with Crippen molar-refractivity contribution in [3.8, 4) is 0 Å². The molecule has 0 aliphatic carbocycles. The van der Waals surface area contributed by atoms with Gasteiger partial charge in [0.2, 0.25) is 0 Å². The van der Waals surface area contributed by atoms with Gasteiger partial charge in [0.05, 0.1) is 12.6 Å². The van der Waals surface area contributed by atoms with Crippen LogP contribution >= 0.6 is 11.3 Å². The quantitative estimate of drug-likeness (QED) is 0.844. The summed E-state index contributed by atoms with van der Waals surface area (Å²) >= 11 is 1.38. The Bertz CT molecular complexity index is 732. The minimum absolute atomic E-state index is 0.183. The smallest absolute Gasteiger partial charge is 0.325 e. The summed E-state index contributed by atoms with van der Waals surface area (Å²) in [5.74, 6) is -0.827. The number of nitrogens with zero attached hydrogens (tertiary/aromatic N) is 1. The molecule has 1 aliphatic rings.